The van der Waals surface area contributed by atoms with E-state index in [1.807, 2.05) is 0 Å². The van der Waals surface area contributed by atoms with Crippen LogP contribution in [-0.4, -0.2) is 24.2 Å². The molecular formula is C11H17NO2. The molecule has 3 nitrogen and oxygen atoms in total. The summed E-state index contributed by atoms with van der Waals surface area (Å²) < 4.78 is 0. The molecular weight excluding hydrogens is 178 g/mol. The molecule has 2 unspecified atom stereocenters. The highest BCUT2D eigenvalue weighted by atomic mass is 16.4. The molecule has 14 heavy (non-hydrogen) atoms. The van der Waals surface area contributed by atoms with Gasteiger partial charge in [0.15, 0.2) is 0 Å². The predicted molar refractivity (Wildman–Crippen MR) is 54.8 cm³/mol. The fourth-order valence-corrected chi connectivity index (χ4v) is 2.11. The minimum absolute atomic E-state index is 0.172. The van der Waals surface area contributed by atoms with Crippen molar-refractivity contribution in [2.45, 2.75) is 25.7 Å². The first-order chi connectivity index (χ1) is 6.75. The Morgan fingerprint density at radius 3 is 2.86 bits per heavy atom. The van der Waals surface area contributed by atoms with E-state index in [2.05, 4.69) is 11.2 Å². The molecule has 2 N–H and O–H groups in total. The quantitative estimate of drug-likeness (QED) is 0.521. The van der Waals surface area contributed by atoms with Gasteiger partial charge < -0.3 is 10.4 Å². The lowest BCUT2D eigenvalue weighted by Crippen LogP contribution is -2.34. The molecule has 1 aliphatic rings. The molecule has 0 amide bonds. The van der Waals surface area contributed by atoms with Crippen LogP contribution in [0.3, 0.4) is 0 Å². The highest BCUT2D eigenvalue weighted by Gasteiger charge is 2.29. The highest BCUT2D eigenvalue weighted by Crippen LogP contribution is 2.29. The summed E-state index contributed by atoms with van der Waals surface area (Å²) in [6, 6.07) is 0. The number of terminal acetylenes is 1. The van der Waals surface area contributed by atoms with E-state index in [0.29, 0.717) is 6.54 Å². The molecule has 0 aromatic carbocycles. The highest BCUT2D eigenvalue weighted by molar-refractivity contribution is 5.70. The van der Waals surface area contributed by atoms with Crippen molar-refractivity contribution in [2.24, 2.45) is 11.8 Å². The van der Waals surface area contributed by atoms with Crippen molar-refractivity contribution in [2.75, 3.05) is 13.1 Å². The molecule has 1 aliphatic carbocycles. The fraction of sp³-hybridized carbons (Fsp3) is 0.727. The van der Waals surface area contributed by atoms with Gasteiger partial charge in [-0.2, -0.15) is 0 Å². The van der Waals surface area contributed by atoms with Gasteiger partial charge in [-0.15, -0.1) is 6.42 Å². The second-order valence-corrected chi connectivity index (χ2v) is 3.82. The summed E-state index contributed by atoms with van der Waals surface area (Å²) >= 11 is 0. The SMILES string of the molecule is C#CCNCC1CCCCC1C(=O)O. The molecule has 3 heteroatoms. The molecule has 1 rings (SSSR count). The zero-order valence-corrected chi connectivity index (χ0v) is 8.33. The first kappa shape index (κ1) is 11.1. The average Bonchev–Trinajstić information content (AvgIpc) is 2.19. The second-order valence-electron chi connectivity index (χ2n) is 3.82. The van der Waals surface area contributed by atoms with E-state index >= 15 is 0 Å². The second kappa shape index (κ2) is 5.66. The lowest BCUT2D eigenvalue weighted by Gasteiger charge is -2.28. The Morgan fingerprint density at radius 2 is 2.21 bits per heavy atom. The molecule has 2 atom stereocenters. The van der Waals surface area contributed by atoms with Gasteiger partial charge in [-0.25, -0.2) is 0 Å². The largest absolute Gasteiger partial charge is 0.481 e. The summed E-state index contributed by atoms with van der Waals surface area (Å²) in [4.78, 5) is 10.9. The van der Waals surface area contributed by atoms with Crippen LogP contribution in [-0.2, 0) is 4.79 Å². The van der Waals surface area contributed by atoms with E-state index in [1.165, 1.54) is 0 Å². The summed E-state index contributed by atoms with van der Waals surface area (Å²) in [6.07, 6.45) is 9.12. The van der Waals surface area contributed by atoms with E-state index in [4.69, 9.17) is 11.5 Å². The van der Waals surface area contributed by atoms with Crippen LogP contribution in [0, 0.1) is 24.2 Å². The molecule has 0 spiro atoms. The van der Waals surface area contributed by atoms with Crippen LogP contribution >= 0.6 is 0 Å². The average molecular weight is 195 g/mol. The van der Waals surface area contributed by atoms with Gasteiger partial charge in [0, 0.05) is 0 Å². The number of hydrogen-bond donors (Lipinski definition) is 2. The number of rotatable bonds is 4. The van der Waals surface area contributed by atoms with Gasteiger partial charge in [-0.3, -0.25) is 4.79 Å². The van der Waals surface area contributed by atoms with Gasteiger partial charge in [0.2, 0.25) is 0 Å². The third kappa shape index (κ3) is 3.04. The Hall–Kier alpha value is -1.01. The third-order valence-corrected chi connectivity index (χ3v) is 2.86. The van der Waals surface area contributed by atoms with Gasteiger partial charge >= 0.3 is 5.97 Å². The number of carboxylic acids is 1. The van der Waals surface area contributed by atoms with Gasteiger partial charge in [0.25, 0.3) is 0 Å². The number of carboxylic acid groups (broad SMARTS) is 1. The standard InChI is InChI=1S/C11H17NO2/c1-2-7-12-8-9-5-3-4-6-10(9)11(13)14/h1,9-10,12H,3-8H2,(H,13,14). The van der Waals surface area contributed by atoms with E-state index < -0.39 is 5.97 Å². The number of carbonyl (C=O) groups is 1. The molecule has 0 bridgehead atoms. The van der Waals surface area contributed by atoms with Gasteiger partial charge in [-0.1, -0.05) is 18.8 Å². The fourth-order valence-electron chi connectivity index (χ4n) is 2.11. The lowest BCUT2D eigenvalue weighted by molar-refractivity contribution is -0.144. The lowest BCUT2D eigenvalue weighted by atomic mass is 9.79. The van der Waals surface area contributed by atoms with Gasteiger partial charge in [-0.05, 0) is 25.3 Å². The summed E-state index contributed by atoms with van der Waals surface area (Å²) in [5.41, 5.74) is 0. The molecule has 0 heterocycles. The smallest absolute Gasteiger partial charge is 0.306 e. The number of aliphatic carboxylic acids is 1. The van der Waals surface area contributed by atoms with Crippen molar-refractivity contribution >= 4 is 5.97 Å². The Labute approximate surface area is 84.9 Å². The van der Waals surface area contributed by atoms with Crippen LogP contribution in [0.1, 0.15) is 25.7 Å². The molecule has 78 valence electrons. The Kier molecular flexibility index (Phi) is 4.48. The Bertz CT molecular complexity index is 232. The third-order valence-electron chi connectivity index (χ3n) is 2.86. The molecule has 1 fully saturated rings. The zero-order valence-electron chi connectivity index (χ0n) is 8.33. The summed E-state index contributed by atoms with van der Waals surface area (Å²) in [7, 11) is 0. The number of hydrogen-bond acceptors (Lipinski definition) is 2. The molecule has 0 aromatic heterocycles. The molecule has 0 saturated heterocycles. The summed E-state index contributed by atoms with van der Waals surface area (Å²) in [5, 5.41) is 12.1. The monoisotopic (exact) mass is 195 g/mol. The van der Waals surface area contributed by atoms with Crippen molar-refractivity contribution in [3.63, 3.8) is 0 Å². The predicted octanol–water partition coefficient (Wildman–Crippen LogP) is 1.10. The van der Waals surface area contributed by atoms with E-state index in [9.17, 15) is 4.79 Å². The summed E-state index contributed by atoms with van der Waals surface area (Å²) in [5.74, 6) is 1.92. The topological polar surface area (TPSA) is 49.3 Å². The minimum Gasteiger partial charge on any atom is -0.481 e. The summed E-state index contributed by atoms with van der Waals surface area (Å²) in [6.45, 7) is 1.27. The van der Waals surface area contributed by atoms with E-state index in [0.717, 1.165) is 32.2 Å². The van der Waals surface area contributed by atoms with Gasteiger partial charge in [0.1, 0.15) is 0 Å². The van der Waals surface area contributed by atoms with Gasteiger partial charge in [0.05, 0.1) is 12.5 Å². The number of nitrogens with one attached hydrogen (secondary N) is 1. The zero-order chi connectivity index (χ0) is 10.4. The first-order valence-electron chi connectivity index (χ1n) is 5.12. The van der Waals surface area contributed by atoms with Crippen LogP contribution in [0.4, 0.5) is 0 Å². The van der Waals surface area contributed by atoms with Crippen molar-refractivity contribution in [1.29, 1.82) is 0 Å². The molecule has 1 saturated carbocycles. The molecule has 0 radical (unpaired) electrons. The van der Waals surface area contributed by atoms with Crippen LogP contribution < -0.4 is 5.32 Å². The Morgan fingerprint density at radius 1 is 1.50 bits per heavy atom. The Balaban J connectivity index is 2.38. The molecule has 0 aliphatic heterocycles. The van der Waals surface area contributed by atoms with Crippen LogP contribution in [0.5, 0.6) is 0 Å². The van der Waals surface area contributed by atoms with Crippen molar-refractivity contribution in [1.82, 2.24) is 5.32 Å². The van der Waals surface area contributed by atoms with Crippen molar-refractivity contribution < 1.29 is 9.90 Å². The first-order valence-corrected chi connectivity index (χ1v) is 5.12. The molecule has 0 aromatic rings. The van der Waals surface area contributed by atoms with Crippen LogP contribution in [0.15, 0.2) is 0 Å². The van der Waals surface area contributed by atoms with Crippen LogP contribution in [0.2, 0.25) is 0 Å². The van der Waals surface area contributed by atoms with Crippen molar-refractivity contribution in [3.05, 3.63) is 0 Å². The van der Waals surface area contributed by atoms with Crippen molar-refractivity contribution in [3.8, 4) is 12.3 Å². The maximum absolute atomic E-state index is 10.9. The van der Waals surface area contributed by atoms with E-state index in [1.54, 1.807) is 0 Å². The normalized spacial score (nSPS) is 26.8. The van der Waals surface area contributed by atoms with Crippen LogP contribution in [0.25, 0.3) is 0 Å². The van der Waals surface area contributed by atoms with E-state index in [-0.39, 0.29) is 11.8 Å². The minimum atomic E-state index is -0.655. The maximum atomic E-state index is 10.9. The maximum Gasteiger partial charge on any atom is 0.306 e.